The number of hydrogen-bond acceptors (Lipinski definition) is 7. The largest absolute Gasteiger partial charge is 0.474 e. The number of likely N-dealkylation sites (tertiary alicyclic amines) is 1. The Kier molecular flexibility index (Phi) is 5.37. The van der Waals surface area contributed by atoms with E-state index in [0.29, 0.717) is 30.4 Å². The van der Waals surface area contributed by atoms with Crippen LogP contribution in [0.15, 0.2) is 36.5 Å². The average molecular weight is 431 g/mol. The van der Waals surface area contributed by atoms with E-state index in [1.165, 1.54) is 0 Å². The molecule has 3 aliphatic heterocycles. The molecule has 5 rings (SSSR count). The molecule has 9 heteroatoms. The number of carbonyl (C=O) groups excluding carboxylic acids is 1. The van der Waals surface area contributed by atoms with Crippen LogP contribution in [0.25, 0.3) is 0 Å². The van der Waals surface area contributed by atoms with Gasteiger partial charge < -0.3 is 19.1 Å². The van der Waals surface area contributed by atoms with Crippen LogP contribution in [-0.2, 0) is 4.79 Å². The molecule has 0 saturated carbocycles. The molecule has 2 atom stereocenters. The second-order valence-electron chi connectivity index (χ2n) is 7.70. The number of fused-ring (bicyclic) bond motifs is 1. The van der Waals surface area contributed by atoms with E-state index in [9.17, 15) is 4.79 Å². The summed E-state index contributed by atoms with van der Waals surface area (Å²) < 4.78 is 16.7. The number of halogens is 1. The lowest BCUT2D eigenvalue weighted by Crippen LogP contribution is -2.49. The summed E-state index contributed by atoms with van der Waals surface area (Å²) in [6.07, 6.45) is 3.87. The number of nitrogens with one attached hydrogen (secondary N) is 2. The lowest BCUT2D eigenvalue weighted by atomic mass is 10.00. The first-order valence-corrected chi connectivity index (χ1v) is 10.5. The van der Waals surface area contributed by atoms with Crippen molar-refractivity contribution in [2.75, 3.05) is 19.9 Å². The Morgan fingerprint density at radius 1 is 1.13 bits per heavy atom. The van der Waals surface area contributed by atoms with Crippen LogP contribution < -0.4 is 25.1 Å². The number of hydrogen-bond donors (Lipinski definition) is 2. The van der Waals surface area contributed by atoms with Crippen molar-refractivity contribution < 1.29 is 19.0 Å². The van der Waals surface area contributed by atoms with Gasteiger partial charge in [0.2, 0.25) is 18.6 Å². The molecule has 2 saturated heterocycles. The molecule has 0 aliphatic carbocycles. The number of hydrazine groups is 1. The summed E-state index contributed by atoms with van der Waals surface area (Å²) in [5.74, 6) is 2.20. The first kappa shape index (κ1) is 19.4. The van der Waals surface area contributed by atoms with Gasteiger partial charge in [-0.25, -0.2) is 15.8 Å². The number of pyridine rings is 1. The van der Waals surface area contributed by atoms with Gasteiger partial charge in [0.15, 0.2) is 11.5 Å². The molecule has 2 unspecified atom stereocenters. The molecule has 1 aromatic carbocycles. The highest BCUT2D eigenvalue weighted by Gasteiger charge is 2.35. The minimum atomic E-state index is -0.254. The van der Waals surface area contributed by atoms with Crippen LogP contribution in [0.2, 0.25) is 5.02 Å². The third kappa shape index (κ3) is 4.03. The van der Waals surface area contributed by atoms with Crippen LogP contribution in [-0.4, -0.2) is 47.8 Å². The Bertz CT molecular complexity index is 918. The summed E-state index contributed by atoms with van der Waals surface area (Å²) in [4.78, 5) is 19.1. The van der Waals surface area contributed by atoms with Crippen molar-refractivity contribution >= 4 is 17.5 Å². The molecule has 2 N–H and O–H groups in total. The Morgan fingerprint density at radius 3 is 2.77 bits per heavy atom. The highest BCUT2D eigenvalue weighted by Crippen LogP contribution is 2.36. The average Bonchev–Trinajstić information content (AvgIpc) is 3.44. The van der Waals surface area contributed by atoms with Crippen molar-refractivity contribution in [3.05, 3.63) is 47.1 Å². The SMILES string of the molecule is O=C(C1CC(c2ccc3c(c2)OCO3)NN1)N1CCC(Oc2ccc(Cl)cn2)CC1. The van der Waals surface area contributed by atoms with Gasteiger partial charge in [0.1, 0.15) is 12.1 Å². The molecular weight excluding hydrogens is 408 g/mol. The smallest absolute Gasteiger partial charge is 0.241 e. The van der Waals surface area contributed by atoms with E-state index in [4.69, 9.17) is 25.8 Å². The summed E-state index contributed by atoms with van der Waals surface area (Å²) in [7, 11) is 0. The van der Waals surface area contributed by atoms with E-state index < -0.39 is 0 Å². The normalized spacial score (nSPS) is 23.6. The van der Waals surface area contributed by atoms with Crippen LogP contribution in [0.4, 0.5) is 0 Å². The number of benzene rings is 1. The van der Waals surface area contributed by atoms with Crippen LogP contribution in [0, 0.1) is 0 Å². The molecule has 30 heavy (non-hydrogen) atoms. The van der Waals surface area contributed by atoms with Gasteiger partial charge in [0.25, 0.3) is 0 Å². The van der Waals surface area contributed by atoms with E-state index >= 15 is 0 Å². The number of amides is 1. The predicted molar refractivity (Wildman–Crippen MR) is 109 cm³/mol. The zero-order valence-electron chi connectivity index (χ0n) is 16.3. The van der Waals surface area contributed by atoms with Crippen molar-refractivity contribution in [3.8, 4) is 17.4 Å². The lowest BCUT2D eigenvalue weighted by Gasteiger charge is -2.33. The monoisotopic (exact) mass is 430 g/mol. The van der Waals surface area contributed by atoms with E-state index in [0.717, 1.165) is 29.9 Å². The van der Waals surface area contributed by atoms with Crippen molar-refractivity contribution in [1.29, 1.82) is 0 Å². The van der Waals surface area contributed by atoms with Gasteiger partial charge in [-0.2, -0.15) is 0 Å². The van der Waals surface area contributed by atoms with Crippen molar-refractivity contribution in [1.82, 2.24) is 20.7 Å². The third-order valence-corrected chi connectivity index (χ3v) is 5.97. The van der Waals surface area contributed by atoms with Gasteiger partial charge in [-0.15, -0.1) is 0 Å². The number of ether oxygens (including phenoxy) is 3. The summed E-state index contributed by atoms with van der Waals surface area (Å²) in [5.41, 5.74) is 7.48. The number of nitrogens with zero attached hydrogens (tertiary/aromatic N) is 2. The van der Waals surface area contributed by atoms with Crippen LogP contribution in [0.1, 0.15) is 30.9 Å². The van der Waals surface area contributed by atoms with Gasteiger partial charge in [-0.05, 0) is 30.2 Å². The van der Waals surface area contributed by atoms with Crippen LogP contribution in [0.5, 0.6) is 17.4 Å². The standard InChI is InChI=1S/C21H23ClN4O4/c22-14-2-4-20(23-11-14)30-15-5-7-26(8-6-15)21(27)17-10-16(24-25-17)13-1-3-18-19(9-13)29-12-28-18/h1-4,9,11,15-17,24-25H,5-8,10,12H2. The molecule has 158 valence electrons. The maximum Gasteiger partial charge on any atom is 0.241 e. The molecule has 0 radical (unpaired) electrons. The van der Waals surface area contributed by atoms with Gasteiger partial charge in [0, 0.05) is 44.2 Å². The molecule has 0 spiro atoms. The number of carbonyl (C=O) groups is 1. The van der Waals surface area contributed by atoms with Gasteiger partial charge in [0.05, 0.1) is 5.02 Å². The Labute approximate surface area is 179 Å². The van der Waals surface area contributed by atoms with Gasteiger partial charge >= 0.3 is 0 Å². The molecule has 4 heterocycles. The number of rotatable bonds is 4. The molecular formula is C21H23ClN4O4. The van der Waals surface area contributed by atoms with E-state index in [2.05, 4.69) is 15.8 Å². The lowest BCUT2D eigenvalue weighted by molar-refractivity contribution is -0.135. The zero-order chi connectivity index (χ0) is 20.5. The highest BCUT2D eigenvalue weighted by molar-refractivity contribution is 6.30. The predicted octanol–water partition coefficient (Wildman–Crippen LogP) is 2.44. The molecule has 0 bridgehead atoms. The fourth-order valence-electron chi connectivity index (χ4n) is 4.08. The number of piperidine rings is 1. The maximum atomic E-state index is 13.0. The van der Waals surface area contributed by atoms with E-state index in [-0.39, 0.29) is 30.9 Å². The quantitative estimate of drug-likeness (QED) is 0.770. The van der Waals surface area contributed by atoms with Crippen LogP contribution >= 0.6 is 11.6 Å². The molecule has 1 aromatic heterocycles. The van der Waals surface area contributed by atoms with Crippen LogP contribution in [0.3, 0.4) is 0 Å². The van der Waals surface area contributed by atoms with Gasteiger partial charge in [-0.3, -0.25) is 4.79 Å². The molecule has 2 aromatic rings. The van der Waals surface area contributed by atoms with Gasteiger partial charge in [-0.1, -0.05) is 17.7 Å². The fourth-order valence-corrected chi connectivity index (χ4v) is 4.20. The molecule has 3 aliphatic rings. The Balaban J connectivity index is 1.13. The number of aromatic nitrogens is 1. The first-order valence-electron chi connectivity index (χ1n) is 10.1. The molecule has 2 fully saturated rings. The van der Waals surface area contributed by atoms with E-state index in [1.807, 2.05) is 23.1 Å². The Hall–Kier alpha value is -2.55. The summed E-state index contributed by atoms with van der Waals surface area (Å²) in [6.45, 7) is 1.60. The molecule has 8 nitrogen and oxygen atoms in total. The first-order chi connectivity index (χ1) is 14.7. The second-order valence-corrected chi connectivity index (χ2v) is 8.14. The van der Waals surface area contributed by atoms with Crippen molar-refractivity contribution in [3.63, 3.8) is 0 Å². The van der Waals surface area contributed by atoms with E-state index in [1.54, 1.807) is 18.3 Å². The maximum absolute atomic E-state index is 13.0. The highest BCUT2D eigenvalue weighted by atomic mass is 35.5. The topological polar surface area (TPSA) is 85.0 Å². The zero-order valence-corrected chi connectivity index (χ0v) is 17.1. The Morgan fingerprint density at radius 2 is 1.97 bits per heavy atom. The fraction of sp³-hybridized carbons (Fsp3) is 0.429. The van der Waals surface area contributed by atoms with Crippen molar-refractivity contribution in [2.45, 2.75) is 37.5 Å². The molecule has 1 amide bonds. The van der Waals surface area contributed by atoms with Crippen molar-refractivity contribution in [2.24, 2.45) is 0 Å². The summed E-state index contributed by atoms with van der Waals surface area (Å²) in [6, 6.07) is 9.22. The third-order valence-electron chi connectivity index (χ3n) is 5.74. The second kappa shape index (κ2) is 8.29. The minimum absolute atomic E-state index is 0.0466. The minimum Gasteiger partial charge on any atom is -0.474 e. The summed E-state index contributed by atoms with van der Waals surface area (Å²) in [5, 5.41) is 0.583. The summed E-state index contributed by atoms with van der Waals surface area (Å²) >= 11 is 5.86.